The first kappa shape index (κ1) is 26.1. The summed E-state index contributed by atoms with van der Waals surface area (Å²) < 4.78 is 6.20. The molecule has 2 aliphatic heterocycles. The molecule has 0 saturated carbocycles. The van der Waals surface area contributed by atoms with Crippen molar-refractivity contribution in [3.05, 3.63) is 24.3 Å². The van der Waals surface area contributed by atoms with Crippen molar-refractivity contribution in [3.63, 3.8) is 0 Å². The fourth-order valence-electron chi connectivity index (χ4n) is 4.41. The van der Waals surface area contributed by atoms with Crippen molar-refractivity contribution in [1.82, 2.24) is 0 Å². The van der Waals surface area contributed by atoms with E-state index in [4.69, 9.17) is 19.6 Å². The van der Waals surface area contributed by atoms with Crippen molar-refractivity contribution in [3.8, 4) is 0 Å². The zero-order valence-corrected chi connectivity index (χ0v) is 19.5. The van der Waals surface area contributed by atoms with E-state index in [0.717, 1.165) is 32.1 Å². The fraction of sp³-hybridized carbons (Fsp3) is 0.808. The molecule has 0 aliphatic carbocycles. The van der Waals surface area contributed by atoms with Crippen LogP contribution in [0.25, 0.3) is 0 Å². The van der Waals surface area contributed by atoms with E-state index < -0.39 is 5.97 Å². The molecule has 31 heavy (non-hydrogen) atoms. The van der Waals surface area contributed by atoms with Gasteiger partial charge in [-0.1, -0.05) is 76.2 Å². The van der Waals surface area contributed by atoms with Crippen LogP contribution in [0.3, 0.4) is 0 Å². The maximum Gasteiger partial charge on any atom is 0.306 e. The summed E-state index contributed by atoms with van der Waals surface area (Å²) in [7, 11) is 0. The lowest BCUT2D eigenvalue weighted by molar-refractivity contribution is -0.385. The smallest absolute Gasteiger partial charge is 0.306 e. The molecule has 4 atom stereocenters. The van der Waals surface area contributed by atoms with Gasteiger partial charge in [-0.3, -0.25) is 4.79 Å². The second-order valence-electron chi connectivity index (χ2n) is 9.10. The van der Waals surface area contributed by atoms with Gasteiger partial charge in [0.1, 0.15) is 12.2 Å². The summed E-state index contributed by atoms with van der Waals surface area (Å²) in [6.45, 7) is 2.23. The molecule has 2 heterocycles. The number of carboxylic acid groups (broad SMARTS) is 1. The molecule has 1 N–H and O–H groups in total. The van der Waals surface area contributed by atoms with Crippen LogP contribution in [0.15, 0.2) is 24.3 Å². The van der Waals surface area contributed by atoms with Crippen LogP contribution in [-0.4, -0.2) is 35.5 Å². The zero-order chi connectivity index (χ0) is 22.2. The van der Waals surface area contributed by atoms with Crippen LogP contribution in [0.2, 0.25) is 0 Å². The van der Waals surface area contributed by atoms with E-state index in [1.54, 1.807) is 0 Å². The predicted octanol–water partition coefficient (Wildman–Crippen LogP) is 6.91. The number of rotatable bonds is 16. The number of unbranched alkanes of at least 4 members (excludes halogenated alkanes) is 8. The average Bonchev–Trinajstić information content (AvgIpc) is 3.23. The fourth-order valence-corrected chi connectivity index (χ4v) is 4.41. The molecule has 5 nitrogen and oxygen atoms in total. The number of aliphatic carboxylic acids is 1. The van der Waals surface area contributed by atoms with E-state index in [0.29, 0.717) is 6.10 Å². The minimum Gasteiger partial charge on any atom is -0.481 e. The molecular formula is C26H44O5. The average molecular weight is 437 g/mol. The normalized spacial score (nSPS) is 26.9. The van der Waals surface area contributed by atoms with E-state index in [1.165, 1.54) is 64.2 Å². The highest BCUT2D eigenvalue weighted by molar-refractivity contribution is 5.67. The number of hydrogen-bond donors (Lipinski definition) is 1. The Labute approximate surface area is 189 Å². The monoisotopic (exact) mass is 436 g/mol. The topological polar surface area (TPSA) is 65.0 Å². The summed E-state index contributed by atoms with van der Waals surface area (Å²) in [5, 5.41) is 8.84. The molecule has 0 spiro atoms. The molecular weight excluding hydrogens is 392 g/mol. The third-order valence-electron chi connectivity index (χ3n) is 6.30. The van der Waals surface area contributed by atoms with Crippen LogP contribution < -0.4 is 0 Å². The van der Waals surface area contributed by atoms with E-state index >= 15 is 0 Å². The molecule has 2 rings (SSSR count). The van der Waals surface area contributed by atoms with E-state index in [9.17, 15) is 4.79 Å². The van der Waals surface area contributed by atoms with Crippen LogP contribution in [-0.2, 0) is 19.3 Å². The van der Waals surface area contributed by atoms with Gasteiger partial charge in [0.2, 0.25) is 0 Å². The van der Waals surface area contributed by atoms with E-state index in [-0.39, 0.29) is 24.7 Å². The van der Waals surface area contributed by atoms with Crippen molar-refractivity contribution in [2.24, 2.45) is 0 Å². The summed E-state index contributed by atoms with van der Waals surface area (Å²) >= 11 is 0. The standard InChI is InChI=1S/C26H44O5/c1-2-3-4-5-6-7-8-9-10-11-12-13-14-15-16-22-17-19-24(29-22)25-20-18-23(30-31-25)21-26(27)28/h5-8,22-25H,2-4,9-21H2,1H3,(H,27,28)/b6-5-,8-7-/t22-,23-,24+,25-/m0/s1. The van der Waals surface area contributed by atoms with Gasteiger partial charge in [0.25, 0.3) is 0 Å². The number of allylic oxidation sites excluding steroid dienone is 4. The molecule has 178 valence electrons. The molecule has 0 bridgehead atoms. The third kappa shape index (κ3) is 11.9. The summed E-state index contributed by atoms with van der Waals surface area (Å²) in [4.78, 5) is 21.5. The molecule has 2 saturated heterocycles. The minimum atomic E-state index is -0.841. The number of carboxylic acids is 1. The summed E-state index contributed by atoms with van der Waals surface area (Å²) in [6, 6.07) is 0. The second-order valence-corrected chi connectivity index (χ2v) is 9.10. The largest absolute Gasteiger partial charge is 0.481 e. The van der Waals surface area contributed by atoms with Gasteiger partial charge >= 0.3 is 5.97 Å². The predicted molar refractivity (Wildman–Crippen MR) is 124 cm³/mol. The number of ether oxygens (including phenoxy) is 1. The third-order valence-corrected chi connectivity index (χ3v) is 6.30. The van der Waals surface area contributed by atoms with Gasteiger partial charge < -0.3 is 9.84 Å². The van der Waals surface area contributed by atoms with Crippen molar-refractivity contribution in [2.45, 2.75) is 134 Å². The first-order chi connectivity index (χ1) is 15.2. The Bertz CT molecular complexity index is 522. The summed E-state index contributed by atoms with van der Waals surface area (Å²) in [5.74, 6) is -0.841. The Balaban J connectivity index is 1.40. The number of hydrogen-bond acceptors (Lipinski definition) is 4. The Morgan fingerprint density at radius 1 is 0.806 bits per heavy atom. The first-order valence-corrected chi connectivity index (χ1v) is 12.7. The molecule has 5 heteroatoms. The summed E-state index contributed by atoms with van der Waals surface area (Å²) in [6.07, 6.45) is 26.6. The lowest BCUT2D eigenvalue weighted by Gasteiger charge is -2.30. The van der Waals surface area contributed by atoms with Gasteiger partial charge in [-0.15, -0.1) is 0 Å². The van der Waals surface area contributed by atoms with Gasteiger partial charge in [-0.25, -0.2) is 9.78 Å². The van der Waals surface area contributed by atoms with Crippen LogP contribution in [0.1, 0.15) is 110 Å². The lowest BCUT2D eigenvalue weighted by Crippen LogP contribution is -2.37. The minimum absolute atomic E-state index is 0.00797. The van der Waals surface area contributed by atoms with Crippen LogP contribution in [0.5, 0.6) is 0 Å². The Kier molecular flexibility index (Phi) is 13.9. The maximum absolute atomic E-state index is 10.8. The first-order valence-electron chi connectivity index (χ1n) is 12.7. The Hall–Kier alpha value is -1.17. The molecule has 0 aromatic rings. The lowest BCUT2D eigenvalue weighted by atomic mass is 10.0. The van der Waals surface area contributed by atoms with Crippen LogP contribution >= 0.6 is 0 Å². The van der Waals surface area contributed by atoms with E-state index in [2.05, 4.69) is 31.2 Å². The van der Waals surface area contributed by atoms with Gasteiger partial charge in [0.05, 0.1) is 18.6 Å². The highest BCUT2D eigenvalue weighted by Gasteiger charge is 2.36. The van der Waals surface area contributed by atoms with Gasteiger partial charge in [-0.05, 0) is 51.4 Å². The highest BCUT2D eigenvalue weighted by atomic mass is 17.2. The van der Waals surface area contributed by atoms with Crippen molar-refractivity contribution in [1.29, 1.82) is 0 Å². The number of carbonyl (C=O) groups is 1. The molecule has 0 aromatic heterocycles. The summed E-state index contributed by atoms with van der Waals surface area (Å²) in [5.41, 5.74) is 0. The Morgan fingerprint density at radius 3 is 2.13 bits per heavy atom. The molecule has 0 unspecified atom stereocenters. The van der Waals surface area contributed by atoms with Gasteiger partial charge in [-0.2, -0.15) is 0 Å². The van der Waals surface area contributed by atoms with Crippen molar-refractivity contribution >= 4 is 5.97 Å². The van der Waals surface area contributed by atoms with E-state index in [1.807, 2.05) is 0 Å². The van der Waals surface area contributed by atoms with Gasteiger partial charge in [0.15, 0.2) is 0 Å². The van der Waals surface area contributed by atoms with Crippen LogP contribution in [0, 0.1) is 0 Å². The molecule has 2 fully saturated rings. The Morgan fingerprint density at radius 2 is 1.45 bits per heavy atom. The SMILES string of the molecule is CCCC/C=C\C=C/CCCCCCCC[C@H]1CC[C@H]([C@@H]2CC[C@@H](CC(=O)O)OO2)O1. The second kappa shape index (κ2) is 16.5. The molecule has 0 radical (unpaired) electrons. The van der Waals surface area contributed by atoms with Crippen molar-refractivity contribution in [2.75, 3.05) is 0 Å². The van der Waals surface area contributed by atoms with Crippen molar-refractivity contribution < 1.29 is 24.4 Å². The molecule has 0 aromatic carbocycles. The molecule has 2 aliphatic rings. The quantitative estimate of drug-likeness (QED) is 0.162. The highest BCUT2D eigenvalue weighted by Crippen LogP contribution is 2.31. The molecule has 0 amide bonds. The van der Waals surface area contributed by atoms with Gasteiger partial charge in [0, 0.05) is 0 Å². The van der Waals surface area contributed by atoms with Crippen LogP contribution in [0.4, 0.5) is 0 Å². The zero-order valence-electron chi connectivity index (χ0n) is 19.5. The maximum atomic E-state index is 10.8.